The van der Waals surface area contributed by atoms with Crippen LogP contribution < -0.4 is 14.8 Å². The number of ether oxygens (including phenoxy) is 2. The summed E-state index contributed by atoms with van der Waals surface area (Å²) in [7, 11) is 4.93. The highest BCUT2D eigenvalue weighted by atomic mass is 16.5. The fraction of sp³-hybridized carbons (Fsp3) is 0.250. The maximum atomic E-state index is 12.7. The van der Waals surface area contributed by atoms with Gasteiger partial charge >= 0.3 is 0 Å². The number of hydrogen-bond donors (Lipinski definition) is 1. The Balaban J connectivity index is 1.90. The van der Waals surface area contributed by atoms with Gasteiger partial charge in [-0.15, -0.1) is 0 Å². The van der Waals surface area contributed by atoms with E-state index in [0.29, 0.717) is 11.5 Å². The highest BCUT2D eigenvalue weighted by Gasteiger charge is 2.24. The number of carbonyl (C=O) groups excluding carboxylic acids is 1. The molecular weight excluding hydrogens is 364 g/mol. The second kappa shape index (κ2) is 7.95. The Labute approximate surface area is 170 Å². The number of hydrogen-bond acceptors (Lipinski definition) is 4. The minimum absolute atomic E-state index is 0.0628. The van der Waals surface area contributed by atoms with Crippen LogP contribution in [0.3, 0.4) is 0 Å². The molecule has 1 amide bonds. The van der Waals surface area contributed by atoms with E-state index >= 15 is 0 Å². The van der Waals surface area contributed by atoms with Crippen molar-refractivity contribution < 1.29 is 14.3 Å². The van der Waals surface area contributed by atoms with E-state index in [0.717, 1.165) is 58.1 Å². The number of allylic oxidation sites excluding steroid dienone is 1. The zero-order valence-corrected chi connectivity index (χ0v) is 16.9. The van der Waals surface area contributed by atoms with E-state index in [4.69, 9.17) is 14.5 Å². The molecule has 0 fully saturated rings. The molecule has 1 heterocycles. The number of pyridine rings is 1. The van der Waals surface area contributed by atoms with Crippen LogP contribution in [-0.2, 0) is 6.42 Å². The Bertz CT molecular complexity index is 1120. The number of amides is 1. The van der Waals surface area contributed by atoms with Gasteiger partial charge in [-0.1, -0.05) is 24.3 Å². The quantitative estimate of drug-likeness (QED) is 0.715. The molecule has 0 atom stereocenters. The summed E-state index contributed by atoms with van der Waals surface area (Å²) in [6, 6.07) is 13.7. The Morgan fingerprint density at radius 2 is 1.86 bits per heavy atom. The van der Waals surface area contributed by atoms with E-state index in [1.807, 2.05) is 42.5 Å². The lowest BCUT2D eigenvalue weighted by Gasteiger charge is -2.22. The lowest BCUT2D eigenvalue weighted by molar-refractivity contribution is 0.0963. The summed E-state index contributed by atoms with van der Waals surface area (Å²) in [5.74, 6) is 1.33. The van der Waals surface area contributed by atoms with Crippen LogP contribution in [0.2, 0.25) is 0 Å². The molecule has 0 saturated carbocycles. The van der Waals surface area contributed by atoms with Gasteiger partial charge in [0.1, 0.15) is 0 Å². The van der Waals surface area contributed by atoms with Gasteiger partial charge in [-0.2, -0.15) is 0 Å². The zero-order chi connectivity index (χ0) is 20.4. The van der Waals surface area contributed by atoms with Crippen molar-refractivity contribution in [2.24, 2.45) is 0 Å². The highest BCUT2D eigenvalue weighted by molar-refractivity contribution is 6.09. The Hall–Kier alpha value is -3.34. The average molecular weight is 388 g/mol. The second-order valence-electron chi connectivity index (χ2n) is 7.05. The highest BCUT2D eigenvalue weighted by Crippen LogP contribution is 2.37. The summed E-state index contributed by atoms with van der Waals surface area (Å²) in [5, 5.41) is 3.70. The van der Waals surface area contributed by atoms with Crippen molar-refractivity contribution in [3.63, 3.8) is 0 Å². The van der Waals surface area contributed by atoms with Gasteiger partial charge in [-0.3, -0.25) is 4.79 Å². The molecule has 4 rings (SSSR count). The average Bonchev–Trinajstić information content (AvgIpc) is 2.77. The van der Waals surface area contributed by atoms with E-state index in [2.05, 4.69) is 11.4 Å². The molecule has 5 nitrogen and oxygen atoms in total. The summed E-state index contributed by atoms with van der Waals surface area (Å²) >= 11 is 0. The van der Waals surface area contributed by atoms with Crippen molar-refractivity contribution in [2.75, 3.05) is 21.3 Å². The molecule has 1 aliphatic rings. The van der Waals surface area contributed by atoms with Crippen molar-refractivity contribution in [3.8, 4) is 11.5 Å². The number of benzene rings is 2. The van der Waals surface area contributed by atoms with Gasteiger partial charge in [0.2, 0.25) is 0 Å². The maximum absolute atomic E-state index is 12.7. The van der Waals surface area contributed by atoms with Crippen LogP contribution in [0, 0.1) is 0 Å². The number of para-hydroxylation sites is 1. The van der Waals surface area contributed by atoms with E-state index < -0.39 is 0 Å². The van der Waals surface area contributed by atoms with Gasteiger partial charge in [0.15, 0.2) is 11.5 Å². The molecule has 0 saturated heterocycles. The fourth-order valence-corrected chi connectivity index (χ4v) is 4.00. The molecule has 1 aliphatic carbocycles. The SMILES string of the molecule is CNC(=O)c1c2c(nc3ccccc13)/C(=C/c1ccc(OC)c(OC)c1)CCC2. The Morgan fingerprint density at radius 1 is 1.07 bits per heavy atom. The largest absolute Gasteiger partial charge is 0.493 e. The molecule has 1 aromatic heterocycles. The number of nitrogens with zero attached hydrogens (tertiary/aromatic N) is 1. The van der Waals surface area contributed by atoms with Crippen LogP contribution >= 0.6 is 0 Å². The standard InChI is InChI=1S/C24H24N2O3/c1-25-24(27)22-17-8-4-5-10-19(17)26-23-16(7-6-9-18(22)23)13-15-11-12-20(28-2)21(14-15)29-3/h4-5,8,10-14H,6-7,9H2,1-3H3,(H,25,27)/b16-13+. The molecule has 0 unspecified atom stereocenters. The first-order chi connectivity index (χ1) is 14.2. The van der Waals surface area contributed by atoms with Crippen LogP contribution in [0.25, 0.3) is 22.6 Å². The maximum Gasteiger partial charge on any atom is 0.252 e. The van der Waals surface area contributed by atoms with Gasteiger partial charge in [0.25, 0.3) is 5.91 Å². The summed E-state index contributed by atoms with van der Waals surface area (Å²) in [5.41, 5.74) is 5.68. The Kier molecular flexibility index (Phi) is 5.21. The van der Waals surface area contributed by atoms with Crippen LogP contribution in [0.15, 0.2) is 42.5 Å². The van der Waals surface area contributed by atoms with E-state index in [1.165, 1.54) is 0 Å². The molecule has 0 bridgehead atoms. The predicted octanol–water partition coefficient (Wildman–Crippen LogP) is 4.49. The lowest BCUT2D eigenvalue weighted by Crippen LogP contribution is -2.22. The monoisotopic (exact) mass is 388 g/mol. The summed E-state index contributed by atoms with van der Waals surface area (Å²) < 4.78 is 10.8. The third-order valence-corrected chi connectivity index (χ3v) is 5.37. The minimum atomic E-state index is -0.0628. The molecule has 0 spiro atoms. The van der Waals surface area contributed by atoms with Gasteiger partial charge in [-0.25, -0.2) is 4.98 Å². The van der Waals surface area contributed by atoms with E-state index in [-0.39, 0.29) is 5.91 Å². The Morgan fingerprint density at radius 3 is 2.62 bits per heavy atom. The number of carbonyl (C=O) groups is 1. The van der Waals surface area contributed by atoms with Crippen LogP contribution in [0.4, 0.5) is 0 Å². The van der Waals surface area contributed by atoms with Crippen molar-refractivity contribution >= 4 is 28.5 Å². The first kappa shape index (κ1) is 19.0. The summed E-state index contributed by atoms with van der Waals surface area (Å²) in [6.07, 6.45) is 4.88. The van der Waals surface area contributed by atoms with Crippen LogP contribution in [0.1, 0.15) is 40.0 Å². The topological polar surface area (TPSA) is 60.5 Å². The molecular formula is C24H24N2O3. The lowest BCUT2D eigenvalue weighted by atomic mass is 9.85. The molecule has 3 aromatic rings. The van der Waals surface area contributed by atoms with Crippen LogP contribution in [0.5, 0.6) is 11.5 Å². The second-order valence-corrected chi connectivity index (χ2v) is 7.05. The summed E-state index contributed by atoms with van der Waals surface area (Å²) in [4.78, 5) is 17.7. The number of rotatable bonds is 4. The van der Waals surface area contributed by atoms with Gasteiger partial charge in [0, 0.05) is 12.4 Å². The first-order valence-corrected chi connectivity index (χ1v) is 9.73. The molecule has 29 heavy (non-hydrogen) atoms. The molecule has 1 N–H and O–H groups in total. The van der Waals surface area contributed by atoms with Crippen molar-refractivity contribution in [1.82, 2.24) is 10.3 Å². The van der Waals surface area contributed by atoms with Gasteiger partial charge < -0.3 is 14.8 Å². The molecule has 0 radical (unpaired) electrons. The van der Waals surface area contributed by atoms with Crippen molar-refractivity contribution in [2.45, 2.75) is 19.3 Å². The number of methoxy groups -OCH3 is 2. The smallest absolute Gasteiger partial charge is 0.252 e. The van der Waals surface area contributed by atoms with E-state index in [1.54, 1.807) is 21.3 Å². The van der Waals surface area contributed by atoms with Crippen molar-refractivity contribution in [3.05, 3.63) is 64.8 Å². The van der Waals surface area contributed by atoms with E-state index in [9.17, 15) is 4.79 Å². The minimum Gasteiger partial charge on any atom is -0.493 e. The van der Waals surface area contributed by atoms with Gasteiger partial charge in [-0.05, 0) is 60.2 Å². The fourth-order valence-electron chi connectivity index (χ4n) is 4.00. The summed E-state index contributed by atoms with van der Waals surface area (Å²) in [6.45, 7) is 0. The number of aromatic nitrogens is 1. The molecule has 148 valence electrons. The number of nitrogens with one attached hydrogen (secondary N) is 1. The molecule has 0 aliphatic heterocycles. The normalized spacial score (nSPS) is 14.5. The molecule has 2 aromatic carbocycles. The van der Waals surface area contributed by atoms with Crippen molar-refractivity contribution in [1.29, 1.82) is 0 Å². The van der Waals surface area contributed by atoms with Gasteiger partial charge in [0.05, 0.1) is 31.0 Å². The third-order valence-electron chi connectivity index (χ3n) is 5.37. The third kappa shape index (κ3) is 3.44. The zero-order valence-electron chi connectivity index (χ0n) is 16.9. The molecule has 5 heteroatoms. The predicted molar refractivity (Wildman–Crippen MR) is 115 cm³/mol. The number of fused-ring (bicyclic) bond motifs is 2. The van der Waals surface area contributed by atoms with Crippen LogP contribution in [-0.4, -0.2) is 32.2 Å². The first-order valence-electron chi connectivity index (χ1n) is 9.73.